The summed E-state index contributed by atoms with van der Waals surface area (Å²) in [6, 6.07) is 15.4. The van der Waals surface area contributed by atoms with Crippen molar-refractivity contribution in [3.8, 4) is 11.5 Å². The van der Waals surface area contributed by atoms with Gasteiger partial charge in [-0.15, -0.1) is 0 Å². The van der Waals surface area contributed by atoms with Crippen molar-refractivity contribution < 1.29 is 14.3 Å². The number of amides is 1. The molecule has 120 valence electrons. The number of rotatable bonds is 1. The summed E-state index contributed by atoms with van der Waals surface area (Å²) in [7, 11) is 0. The van der Waals surface area contributed by atoms with Gasteiger partial charge in [0.1, 0.15) is 6.61 Å². The van der Waals surface area contributed by atoms with Crippen molar-refractivity contribution >= 4 is 11.6 Å². The van der Waals surface area contributed by atoms with Gasteiger partial charge in [0.2, 0.25) is 6.10 Å². The molecule has 2 heterocycles. The minimum Gasteiger partial charge on any atom is -0.485 e. The predicted octanol–water partition coefficient (Wildman–Crippen LogP) is 3.44. The second-order valence-electron chi connectivity index (χ2n) is 5.23. The second-order valence-corrected chi connectivity index (χ2v) is 5.23. The van der Waals surface area contributed by atoms with Crippen molar-refractivity contribution in [1.29, 1.82) is 0 Å². The summed E-state index contributed by atoms with van der Waals surface area (Å²) < 4.78 is 11.4. The Kier molecular flexibility index (Phi) is 4.51. The van der Waals surface area contributed by atoms with E-state index >= 15 is 0 Å². The Balaban J connectivity index is 0.000000753. The summed E-state index contributed by atoms with van der Waals surface area (Å²) in [6.07, 6.45) is 0.317. The highest BCUT2D eigenvalue weighted by atomic mass is 16.6. The van der Waals surface area contributed by atoms with Crippen LogP contribution in [0, 0.1) is 0 Å². The normalized spacial score (nSPS) is 17.8. The van der Waals surface area contributed by atoms with Gasteiger partial charge >= 0.3 is 0 Å². The van der Waals surface area contributed by atoms with Crippen LogP contribution in [0.25, 0.3) is 0 Å². The van der Waals surface area contributed by atoms with Gasteiger partial charge in [0.25, 0.3) is 5.91 Å². The summed E-state index contributed by atoms with van der Waals surface area (Å²) in [5.74, 6) is 1.30. The molecule has 0 saturated carbocycles. The minimum atomic E-state index is -0.578. The number of para-hydroxylation sites is 3. The van der Waals surface area contributed by atoms with E-state index in [0.717, 1.165) is 12.1 Å². The molecule has 0 spiro atoms. The molecule has 2 aromatic rings. The molecule has 2 aromatic carbocycles. The number of nitrogens with zero attached hydrogens (tertiary/aromatic N) is 1. The summed E-state index contributed by atoms with van der Waals surface area (Å²) in [5, 5.41) is 0. The zero-order valence-electron chi connectivity index (χ0n) is 13.5. The molecular formula is C19H21NO3. The molecule has 0 bridgehead atoms. The first-order valence-electron chi connectivity index (χ1n) is 8.11. The molecule has 1 amide bonds. The average Bonchev–Trinajstić information content (AvgIpc) is 3.06. The van der Waals surface area contributed by atoms with Crippen LogP contribution in [0.1, 0.15) is 19.4 Å². The molecule has 0 aliphatic carbocycles. The third kappa shape index (κ3) is 2.89. The Hall–Kier alpha value is -2.49. The van der Waals surface area contributed by atoms with Gasteiger partial charge < -0.3 is 14.4 Å². The Morgan fingerprint density at radius 2 is 1.74 bits per heavy atom. The number of carbonyl (C=O) groups excluding carboxylic acids is 1. The quantitative estimate of drug-likeness (QED) is 0.810. The van der Waals surface area contributed by atoms with Gasteiger partial charge in [0.05, 0.1) is 0 Å². The first kappa shape index (κ1) is 15.4. The molecular weight excluding hydrogens is 290 g/mol. The smallest absolute Gasteiger partial charge is 0.271 e. The van der Waals surface area contributed by atoms with Crippen molar-refractivity contribution in [3.05, 3.63) is 54.1 Å². The third-order valence-electron chi connectivity index (χ3n) is 3.94. The first-order valence-corrected chi connectivity index (χ1v) is 8.11. The van der Waals surface area contributed by atoms with E-state index in [1.165, 1.54) is 5.56 Å². The average molecular weight is 311 g/mol. The van der Waals surface area contributed by atoms with Crippen molar-refractivity contribution in [2.45, 2.75) is 26.4 Å². The maximum Gasteiger partial charge on any atom is 0.271 e. The second kappa shape index (κ2) is 6.73. The number of hydrogen-bond acceptors (Lipinski definition) is 3. The zero-order chi connectivity index (χ0) is 16.2. The number of benzene rings is 2. The van der Waals surface area contributed by atoms with Crippen molar-refractivity contribution in [3.63, 3.8) is 0 Å². The summed E-state index contributed by atoms with van der Waals surface area (Å²) in [6.45, 7) is 4.97. The predicted molar refractivity (Wildman–Crippen MR) is 90.2 cm³/mol. The zero-order valence-corrected chi connectivity index (χ0v) is 13.5. The van der Waals surface area contributed by atoms with Crippen molar-refractivity contribution in [2.24, 2.45) is 0 Å². The molecule has 4 nitrogen and oxygen atoms in total. The van der Waals surface area contributed by atoms with E-state index in [1.807, 2.05) is 56.3 Å². The lowest BCUT2D eigenvalue weighted by atomic mass is 10.2. The summed E-state index contributed by atoms with van der Waals surface area (Å²) >= 11 is 0. The van der Waals surface area contributed by atoms with Gasteiger partial charge in [-0.3, -0.25) is 4.79 Å². The fourth-order valence-electron chi connectivity index (χ4n) is 2.88. The topological polar surface area (TPSA) is 38.8 Å². The Bertz CT molecular complexity index is 699. The van der Waals surface area contributed by atoms with Gasteiger partial charge in [-0.2, -0.15) is 0 Å². The maximum atomic E-state index is 12.7. The molecule has 1 atom stereocenters. The largest absolute Gasteiger partial charge is 0.485 e. The molecule has 1 unspecified atom stereocenters. The van der Waals surface area contributed by atoms with Crippen LogP contribution in [-0.2, 0) is 11.2 Å². The van der Waals surface area contributed by atoms with Crippen LogP contribution >= 0.6 is 0 Å². The third-order valence-corrected chi connectivity index (χ3v) is 3.94. The monoisotopic (exact) mass is 311 g/mol. The lowest BCUT2D eigenvalue weighted by molar-refractivity contribution is -0.127. The van der Waals surface area contributed by atoms with Gasteiger partial charge in [-0.1, -0.05) is 44.2 Å². The standard InChI is InChI=1S/C17H15NO3.C2H6/c19-17(18-10-9-12-5-1-2-6-13(12)18)16-11-20-14-7-3-4-8-15(14)21-16;1-2/h1-8,16H,9-11H2;1-2H3. The Morgan fingerprint density at radius 1 is 1.04 bits per heavy atom. The Labute approximate surface area is 136 Å². The number of hydrogen-bond donors (Lipinski definition) is 0. The fourth-order valence-corrected chi connectivity index (χ4v) is 2.88. The van der Waals surface area contributed by atoms with Gasteiger partial charge in [-0.05, 0) is 30.2 Å². The van der Waals surface area contributed by atoms with Crippen LogP contribution in [-0.4, -0.2) is 25.2 Å². The molecule has 4 rings (SSSR count). The highest BCUT2D eigenvalue weighted by Crippen LogP contribution is 2.33. The number of ether oxygens (including phenoxy) is 2. The van der Waals surface area contributed by atoms with Gasteiger partial charge in [0, 0.05) is 12.2 Å². The first-order chi connectivity index (χ1) is 11.3. The lowest BCUT2D eigenvalue weighted by Gasteiger charge is -2.29. The molecule has 0 saturated heterocycles. The molecule has 0 N–H and O–H groups in total. The van der Waals surface area contributed by atoms with Crippen LogP contribution in [0.5, 0.6) is 11.5 Å². The van der Waals surface area contributed by atoms with Gasteiger partial charge in [-0.25, -0.2) is 0 Å². The van der Waals surface area contributed by atoms with Crippen LogP contribution in [0.4, 0.5) is 5.69 Å². The van der Waals surface area contributed by atoms with E-state index in [1.54, 1.807) is 4.90 Å². The van der Waals surface area contributed by atoms with Gasteiger partial charge in [0.15, 0.2) is 11.5 Å². The van der Waals surface area contributed by atoms with Crippen molar-refractivity contribution in [2.75, 3.05) is 18.1 Å². The maximum absolute atomic E-state index is 12.7. The SMILES string of the molecule is CC.O=C(C1COc2ccccc2O1)N1CCc2ccccc21. The number of fused-ring (bicyclic) bond motifs is 2. The lowest BCUT2D eigenvalue weighted by Crippen LogP contribution is -2.46. The molecule has 0 fully saturated rings. The van der Waals surface area contributed by atoms with Crippen LogP contribution in [0.15, 0.2) is 48.5 Å². The van der Waals surface area contributed by atoms with E-state index < -0.39 is 6.10 Å². The van der Waals surface area contributed by atoms with Crippen molar-refractivity contribution in [1.82, 2.24) is 0 Å². The molecule has 2 aliphatic heterocycles. The van der Waals surface area contributed by atoms with Crippen LogP contribution < -0.4 is 14.4 Å². The highest BCUT2D eigenvalue weighted by Gasteiger charge is 2.34. The molecule has 0 aromatic heterocycles. The van der Waals surface area contributed by atoms with Crippen LogP contribution in [0.2, 0.25) is 0 Å². The molecule has 4 heteroatoms. The van der Waals surface area contributed by atoms with E-state index in [4.69, 9.17) is 9.47 Å². The highest BCUT2D eigenvalue weighted by molar-refractivity contribution is 5.98. The molecule has 23 heavy (non-hydrogen) atoms. The van der Waals surface area contributed by atoms with E-state index in [9.17, 15) is 4.79 Å². The van der Waals surface area contributed by atoms with E-state index in [2.05, 4.69) is 6.07 Å². The number of anilines is 1. The molecule has 0 radical (unpaired) electrons. The Morgan fingerprint density at radius 3 is 2.57 bits per heavy atom. The van der Waals surface area contributed by atoms with Crippen LogP contribution in [0.3, 0.4) is 0 Å². The number of carbonyl (C=O) groups is 1. The van der Waals surface area contributed by atoms with E-state index in [-0.39, 0.29) is 12.5 Å². The molecule has 2 aliphatic rings. The minimum absolute atomic E-state index is 0.0329. The fraction of sp³-hybridized carbons (Fsp3) is 0.316. The van der Waals surface area contributed by atoms with E-state index in [0.29, 0.717) is 18.0 Å². The summed E-state index contributed by atoms with van der Waals surface area (Å²) in [4.78, 5) is 14.5. The summed E-state index contributed by atoms with van der Waals surface area (Å²) in [5.41, 5.74) is 2.20.